The van der Waals surface area contributed by atoms with E-state index in [0.29, 0.717) is 17.8 Å². The second-order valence-electron chi connectivity index (χ2n) is 5.60. The van der Waals surface area contributed by atoms with Crippen molar-refractivity contribution >= 4 is 5.97 Å². The average Bonchev–Trinajstić information content (AvgIpc) is 2.58. The minimum atomic E-state index is -0.370. The first kappa shape index (κ1) is 10.9. The molecule has 2 fully saturated rings. The smallest absolute Gasteiger partial charge is 0.303 e. The summed E-state index contributed by atoms with van der Waals surface area (Å²) in [6, 6.07) is 0. The second-order valence-corrected chi connectivity index (χ2v) is 5.60. The van der Waals surface area contributed by atoms with Crippen LogP contribution in [0.15, 0.2) is 0 Å². The predicted octanol–water partition coefficient (Wildman–Crippen LogP) is 1.74. The molecule has 2 saturated carbocycles. The van der Waals surface area contributed by atoms with Gasteiger partial charge in [0, 0.05) is 12.8 Å². The molecule has 3 nitrogen and oxygen atoms in total. The number of fused-ring (bicyclic) bond motifs is 2. The van der Waals surface area contributed by atoms with E-state index >= 15 is 0 Å². The molecule has 2 bridgehead atoms. The lowest BCUT2D eigenvalue weighted by Gasteiger charge is -2.37. The van der Waals surface area contributed by atoms with Gasteiger partial charge in [0.05, 0.1) is 6.10 Å². The number of esters is 1. The van der Waals surface area contributed by atoms with Crippen LogP contribution in [0.5, 0.6) is 0 Å². The van der Waals surface area contributed by atoms with Crippen LogP contribution in [0.2, 0.25) is 0 Å². The van der Waals surface area contributed by atoms with E-state index in [4.69, 9.17) is 4.74 Å². The Kier molecular flexibility index (Phi) is 2.53. The molecule has 4 unspecified atom stereocenters. The Bertz CT molecular complexity index is 270. The number of hydrogen-bond acceptors (Lipinski definition) is 3. The van der Waals surface area contributed by atoms with E-state index in [2.05, 4.69) is 0 Å². The maximum Gasteiger partial charge on any atom is 0.303 e. The van der Waals surface area contributed by atoms with Crippen LogP contribution in [0.3, 0.4) is 0 Å². The molecule has 0 aliphatic heterocycles. The van der Waals surface area contributed by atoms with Crippen molar-refractivity contribution < 1.29 is 14.6 Å². The highest BCUT2D eigenvalue weighted by atomic mass is 16.6. The minimum Gasteiger partial charge on any atom is -0.460 e. The van der Waals surface area contributed by atoms with Crippen molar-refractivity contribution in [1.82, 2.24) is 0 Å². The summed E-state index contributed by atoms with van der Waals surface area (Å²) in [5.41, 5.74) is -0.370. The van der Waals surface area contributed by atoms with Gasteiger partial charge in [0.25, 0.3) is 0 Å². The van der Waals surface area contributed by atoms with E-state index in [9.17, 15) is 9.90 Å². The summed E-state index contributed by atoms with van der Waals surface area (Å²) in [5.74, 6) is 1.20. The number of aliphatic hydroxyl groups excluding tert-OH is 1. The third-order valence-electron chi connectivity index (χ3n) is 4.12. The first-order valence-corrected chi connectivity index (χ1v) is 5.78. The van der Waals surface area contributed by atoms with E-state index in [0.717, 1.165) is 19.3 Å². The van der Waals surface area contributed by atoms with Gasteiger partial charge in [0.15, 0.2) is 0 Å². The van der Waals surface area contributed by atoms with E-state index in [1.165, 1.54) is 6.92 Å². The highest BCUT2D eigenvalue weighted by Crippen LogP contribution is 2.52. The molecule has 86 valence electrons. The third-order valence-corrected chi connectivity index (χ3v) is 4.12. The molecular formula is C12H20O3. The highest BCUT2D eigenvalue weighted by molar-refractivity contribution is 5.66. The highest BCUT2D eigenvalue weighted by Gasteiger charge is 2.51. The van der Waals surface area contributed by atoms with Crippen molar-refractivity contribution in [2.45, 2.75) is 51.7 Å². The molecule has 1 N–H and O–H groups in total. The van der Waals surface area contributed by atoms with E-state index < -0.39 is 0 Å². The zero-order valence-electron chi connectivity index (χ0n) is 9.69. The van der Waals surface area contributed by atoms with Gasteiger partial charge in [-0.2, -0.15) is 0 Å². The van der Waals surface area contributed by atoms with Crippen molar-refractivity contribution in [2.75, 3.05) is 0 Å². The lowest BCUT2D eigenvalue weighted by molar-refractivity contribution is -0.161. The first-order valence-electron chi connectivity index (χ1n) is 5.78. The Labute approximate surface area is 90.8 Å². The van der Waals surface area contributed by atoms with Gasteiger partial charge < -0.3 is 9.84 Å². The van der Waals surface area contributed by atoms with Gasteiger partial charge in [-0.25, -0.2) is 0 Å². The molecular weight excluding hydrogens is 192 g/mol. The number of carbonyl (C=O) groups excluding carboxylic acids is 1. The van der Waals surface area contributed by atoms with Gasteiger partial charge in [0.1, 0.15) is 5.60 Å². The number of aliphatic hydroxyl groups is 1. The second kappa shape index (κ2) is 3.48. The summed E-state index contributed by atoms with van der Waals surface area (Å²) in [4.78, 5) is 11.0. The Morgan fingerprint density at radius 1 is 1.27 bits per heavy atom. The Morgan fingerprint density at radius 2 is 1.93 bits per heavy atom. The van der Waals surface area contributed by atoms with Crippen LogP contribution in [0.1, 0.15) is 40.0 Å². The number of hydrogen-bond donors (Lipinski definition) is 1. The molecule has 4 atom stereocenters. The van der Waals surface area contributed by atoms with Gasteiger partial charge in [-0.05, 0) is 44.9 Å². The molecule has 3 heteroatoms. The lowest BCUT2D eigenvalue weighted by atomic mass is 9.77. The van der Waals surface area contributed by atoms with E-state index in [-0.39, 0.29) is 17.7 Å². The summed E-state index contributed by atoms with van der Waals surface area (Å²) in [5, 5.41) is 9.68. The summed E-state index contributed by atoms with van der Waals surface area (Å²) in [6.07, 6.45) is 2.89. The van der Waals surface area contributed by atoms with Crippen molar-refractivity contribution in [3.8, 4) is 0 Å². The molecule has 2 rings (SSSR count). The lowest BCUT2D eigenvalue weighted by Crippen LogP contribution is -2.40. The number of ether oxygens (including phenoxy) is 1. The van der Waals surface area contributed by atoms with E-state index in [1.54, 1.807) is 0 Å². The maximum absolute atomic E-state index is 11.0. The molecule has 0 amide bonds. The Morgan fingerprint density at radius 3 is 2.33 bits per heavy atom. The molecule has 0 saturated heterocycles. The molecule has 2 aliphatic carbocycles. The van der Waals surface area contributed by atoms with Crippen molar-refractivity contribution in [1.29, 1.82) is 0 Å². The average molecular weight is 212 g/mol. The van der Waals surface area contributed by atoms with Crippen LogP contribution in [0.25, 0.3) is 0 Å². The fourth-order valence-corrected chi connectivity index (χ4v) is 3.54. The fourth-order valence-electron chi connectivity index (χ4n) is 3.54. The molecule has 0 heterocycles. The zero-order valence-corrected chi connectivity index (χ0v) is 9.69. The Balaban J connectivity index is 2.04. The fraction of sp³-hybridized carbons (Fsp3) is 0.917. The molecule has 0 aromatic heterocycles. The van der Waals surface area contributed by atoms with E-state index in [1.807, 2.05) is 13.8 Å². The van der Waals surface area contributed by atoms with Gasteiger partial charge in [-0.1, -0.05) is 0 Å². The number of carbonyl (C=O) groups is 1. The van der Waals surface area contributed by atoms with Crippen LogP contribution in [-0.4, -0.2) is 22.8 Å². The normalized spacial score (nSPS) is 39.5. The summed E-state index contributed by atoms with van der Waals surface area (Å²) in [7, 11) is 0. The topological polar surface area (TPSA) is 46.5 Å². The van der Waals surface area contributed by atoms with Crippen molar-refractivity contribution in [3.63, 3.8) is 0 Å². The summed E-state index contributed by atoms with van der Waals surface area (Å²) in [6.45, 7) is 5.45. The minimum absolute atomic E-state index is 0.112. The Hall–Kier alpha value is -0.570. The van der Waals surface area contributed by atoms with Crippen LogP contribution >= 0.6 is 0 Å². The van der Waals surface area contributed by atoms with Gasteiger partial charge in [-0.3, -0.25) is 4.79 Å². The van der Waals surface area contributed by atoms with Crippen LogP contribution in [0.4, 0.5) is 0 Å². The monoisotopic (exact) mass is 212 g/mol. The molecule has 0 radical (unpaired) electrons. The SMILES string of the molecule is CC(=O)OC(C)(C)C1CC2CC1CC2O. The quantitative estimate of drug-likeness (QED) is 0.709. The maximum atomic E-state index is 11.0. The van der Waals surface area contributed by atoms with Crippen LogP contribution in [-0.2, 0) is 9.53 Å². The first-order chi connectivity index (χ1) is 6.90. The largest absolute Gasteiger partial charge is 0.460 e. The van der Waals surface area contributed by atoms with Gasteiger partial charge in [0.2, 0.25) is 0 Å². The number of rotatable bonds is 2. The molecule has 15 heavy (non-hydrogen) atoms. The standard InChI is InChI=1S/C12H20O3/c1-7(13)15-12(2,3)10-5-9-4-8(10)6-11(9)14/h8-11,14H,4-6H2,1-3H3. The van der Waals surface area contributed by atoms with Crippen LogP contribution < -0.4 is 0 Å². The summed E-state index contributed by atoms with van der Waals surface area (Å²) < 4.78 is 5.39. The molecule has 0 spiro atoms. The van der Waals surface area contributed by atoms with Gasteiger partial charge >= 0.3 is 5.97 Å². The van der Waals surface area contributed by atoms with Crippen LogP contribution in [0, 0.1) is 17.8 Å². The van der Waals surface area contributed by atoms with Gasteiger partial charge in [-0.15, -0.1) is 0 Å². The van der Waals surface area contributed by atoms with Crippen molar-refractivity contribution in [3.05, 3.63) is 0 Å². The molecule has 2 aliphatic rings. The molecule has 0 aromatic rings. The van der Waals surface area contributed by atoms with Crippen molar-refractivity contribution in [2.24, 2.45) is 17.8 Å². The summed E-state index contributed by atoms with van der Waals surface area (Å²) >= 11 is 0. The zero-order chi connectivity index (χ0) is 11.2. The molecule has 0 aromatic carbocycles. The predicted molar refractivity (Wildman–Crippen MR) is 56.2 cm³/mol. The third kappa shape index (κ3) is 1.89.